The van der Waals surface area contributed by atoms with Crippen molar-refractivity contribution in [3.05, 3.63) is 71.1 Å². The van der Waals surface area contributed by atoms with E-state index >= 15 is 0 Å². The van der Waals surface area contributed by atoms with E-state index in [4.69, 9.17) is 4.42 Å². The Bertz CT molecular complexity index is 1130. The number of anilines is 2. The van der Waals surface area contributed by atoms with Crippen molar-refractivity contribution in [3.8, 4) is 10.8 Å². The quantitative estimate of drug-likeness (QED) is 0.484. The fraction of sp³-hybridized carbons (Fsp3) is 0.227. The summed E-state index contributed by atoms with van der Waals surface area (Å²) in [6, 6.07) is 13.9. The number of amides is 1. The molecule has 0 radical (unpaired) electrons. The number of carbonyl (C=O) groups is 1. The van der Waals surface area contributed by atoms with Gasteiger partial charge in [-0.25, -0.2) is 9.67 Å². The summed E-state index contributed by atoms with van der Waals surface area (Å²) in [5.41, 5.74) is 2.88. The molecule has 0 unspecified atom stereocenters. The highest BCUT2D eigenvalue weighted by atomic mass is 32.1. The predicted octanol–water partition coefficient (Wildman–Crippen LogP) is 4.20. The summed E-state index contributed by atoms with van der Waals surface area (Å²) in [7, 11) is 4.02. The molecular formula is C22H23N5O2S. The molecule has 0 atom stereocenters. The van der Waals surface area contributed by atoms with Crippen LogP contribution in [-0.4, -0.2) is 34.8 Å². The van der Waals surface area contributed by atoms with Crippen LogP contribution < -0.4 is 10.2 Å². The van der Waals surface area contributed by atoms with Gasteiger partial charge in [-0.15, -0.1) is 11.3 Å². The number of thiophene rings is 1. The first kappa shape index (κ1) is 19.9. The molecule has 0 spiro atoms. The zero-order valence-electron chi connectivity index (χ0n) is 17.1. The number of carbonyl (C=O) groups excluding carboxylic acids is 1. The average Bonchev–Trinajstić information content (AvgIpc) is 3.46. The Kier molecular flexibility index (Phi) is 5.67. The minimum Gasteiger partial charge on any atom is -0.440 e. The van der Waals surface area contributed by atoms with Crippen LogP contribution >= 0.6 is 11.3 Å². The third-order valence-electron chi connectivity index (χ3n) is 4.72. The van der Waals surface area contributed by atoms with Gasteiger partial charge in [0.2, 0.25) is 11.8 Å². The van der Waals surface area contributed by atoms with E-state index in [1.54, 1.807) is 28.3 Å². The second-order valence-electron chi connectivity index (χ2n) is 7.16. The number of aromatic nitrogens is 3. The maximum absolute atomic E-state index is 12.6. The van der Waals surface area contributed by atoms with Crippen molar-refractivity contribution in [2.45, 2.75) is 19.9 Å². The van der Waals surface area contributed by atoms with Crippen molar-refractivity contribution in [3.63, 3.8) is 0 Å². The van der Waals surface area contributed by atoms with Gasteiger partial charge in [-0.3, -0.25) is 4.79 Å². The Morgan fingerprint density at radius 1 is 1.20 bits per heavy atom. The molecule has 154 valence electrons. The average molecular weight is 422 g/mol. The highest BCUT2D eigenvalue weighted by Crippen LogP contribution is 2.26. The fourth-order valence-electron chi connectivity index (χ4n) is 3.07. The molecule has 30 heavy (non-hydrogen) atoms. The number of nitrogens with one attached hydrogen (secondary N) is 1. The SMILES string of the molecule is Cc1oc(-c2cccs2)nc1CC(=O)Nc1ccnn1Cc1ccc(N(C)C)cc1. The van der Waals surface area contributed by atoms with Gasteiger partial charge in [0.25, 0.3) is 0 Å². The number of benzene rings is 1. The van der Waals surface area contributed by atoms with Gasteiger partial charge in [0.15, 0.2) is 0 Å². The highest BCUT2D eigenvalue weighted by molar-refractivity contribution is 7.13. The first-order valence-electron chi connectivity index (χ1n) is 9.57. The third-order valence-corrected chi connectivity index (χ3v) is 5.58. The van der Waals surface area contributed by atoms with E-state index in [1.807, 2.05) is 38.5 Å². The summed E-state index contributed by atoms with van der Waals surface area (Å²) < 4.78 is 7.50. The predicted molar refractivity (Wildman–Crippen MR) is 119 cm³/mol. The van der Waals surface area contributed by atoms with Gasteiger partial charge in [-0.05, 0) is 36.1 Å². The summed E-state index contributed by atoms with van der Waals surface area (Å²) >= 11 is 1.55. The van der Waals surface area contributed by atoms with E-state index in [9.17, 15) is 4.79 Å². The van der Waals surface area contributed by atoms with E-state index in [0.29, 0.717) is 29.7 Å². The Hall–Kier alpha value is -3.39. The van der Waals surface area contributed by atoms with Crippen molar-refractivity contribution in [2.24, 2.45) is 0 Å². The second-order valence-corrected chi connectivity index (χ2v) is 8.11. The molecule has 0 aliphatic heterocycles. The van der Waals surface area contributed by atoms with Crippen LogP contribution in [0.2, 0.25) is 0 Å². The van der Waals surface area contributed by atoms with E-state index < -0.39 is 0 Å². The first-order valence-corrected chi connectivity index (χ1v) is 10.5. The van der Waals surface area contributed by atoms with Crippen LogP contribution in [0, 0.1) is 6.92 Å². The molecule has 0 aliphatic carbocycles. The van der Waals surface area contributed by atoms with Crippen molar-refractivity contribution < 1.29 is 9.21 Å². The van der Waals surface area contributed by atoms with E-state index in [2.05, 4.69) is 44.6 Å². The van der Waals surface area contributed by atoms with Crippen LogP contribution in [-0.2, 0) is 17.8 Å². The van der Waals surface area contributed by atoms with Crippen molar-refractivity contribution in [1.29, 1.82) is 0 Å². The standard InChI is InChI=1S/C22H23N5O2S/c1-15-18(24-22(29-15)19-5-4-12-30-19)13-21(28)25-20-10-11-23-27(20)14-16-6-8-17(9-7-16)26(2)3/h4-12H,13-14H2,1-3H3,(H,25,28). The summed E-state index contributed by atoms with van der Waals surface area (Å²) in [5.74, 6) is 1.70. The molecule has 3 heterocycles. The maximum Gasteiger partial charge on any atom is 0.236 e. The number of nitrogens with zero attached hydrogens (tertiary/aromatic N) is 4. The molecule has 4 rings (SSSR count). The number of rotatable bonds is 7. The van der Waals surface area contributed by atoms with Gasteiger partial charge in [-0.1, -0.05) is 18.2 Å². The zero-order chi connectivity index (χ0) is 21.1. The van der Waals surface area contributed by atoms with Gasteiger partial charge < -0.3 is 14.6 Å². The minimum absolute atomic E-state index is 0.142. The van der Waals surface area contributed by atoms with Gasteiger partial charge in [-0.2, -0.15) is 5.10 Å². The van der Waals surface area contributed by atoms with Gasteiger partial charge in [0.05, 0.1) is 29.7 Å². The van der Waals surface area contributed by atoms with E-state index in [0.717, 1.165) is 16.1 Å². The maximum atomic E-state index is 12.6. The minimum atomic E-state index is -0.158. The second kappa shape index (κ2) is 8.54. The van der Waals surface area contributed by atoms with Gasteiger partial charge >= 0.3 is 0 Å². The molecule has 0 saturated carbocycles. The van der Waals surface area contributed by atoms with Crippen molar-refractivity contribution in [2.75, 3.05) is 24.3 Å². The summed E-state index contributed by atoms with van der Waals surface area (Å²) in [6.07, 6.45) is 1.82. The lowest BCUT2D eigenvalue weighted by Crippen LogP contribution is -2.18. The lowest BCUT2D eigenvalue weighted by Gasteiger charge is -2.13. The lowest BCUT2D eigenvalue weighted by molar-refractivity contribution is -0.115. The summed E-state index contributed by atoms with van der Waals surface area (Å²) in [5, 5.41) is 9.25. The smallest absolute Gasteiger partial charge is 0.236 e. The molecule has 0 saturated heterocycles. The highest BCUT2D eigenvalue weighted by Gasteiger charge is 2.16. The van der Waals surface area contributed by atoms with E-state index in [1.165, 1.54) is 0 Å². The van der Waals surface area contributed by atoms with Crippen molar-refractivity contribution in [1.82, 2.24) is 14.8 Å². The number of oxazole rings is 1. The molecule has 1 aromatic carbocycles. The molecule has 1 N–H and O–H groups in total. The molecule has 0 aliphatic rings. The molecule has 4 aromatic rings. The normalized spacial score (nSPS) is 10.9. The Labute approximate surface area is 179 Å². The van der Waals surface area contributed by atoms with Crippen LogP contribution in [0.1, 0.15) is 17.0 Å². The van der Waals surface area contributed by atoms with Crippen LogP contribution in [0.25, 0.3) is 10.8 Å². The monoisotopic (exact) mass is 421 g/mol. The van der Waals surface area contributed by atoms with Gasteiger partial charge in [0.1, 0.15) is 11.6 Å². The molecule has 0 fully saturated rings. The Balaban J connectivity index is 1.42. The topological polar surface area (TPSA) is 76.2 Å². The lowest BCUT2D eigenvalue weighted by atomic mass is 10.2. The molecule has 0 bridgehead atoms. The number of aryl methyl sites for hydroxylation is 1. The van der Waals surface area contributed by atoms with Crippen LogP contribution in [0.5, 0.6) is 0 Å². The summed E-state index contributed by atoms with van der Waals surface area (Å²) in [6.45, 7) is 2.40. The Morgan fingerprint density at radius 2 is 2.00 bits per heavy atom. The van der Waals surface area contributed by atoms with Crippen LogP contribution in [0.15, 0.2) is 58.5 Å². The van der Waals surface area contributed by atoms with E-state index in [-0.39, 0.29) is 12.3 Å². The van der Waals surface area contributed by atoms with Crippen LogP contribution in [0.3, 0.4) is 0 Å². The van der Waals surface area contributed by atoms with Crippen LogP contribution in [0.4, 0.5) is 11.5 Å². The fourth-order valence-corrected chi connectivity index (χ4v) is 3.72. The molecule has 3 aromatic heterocycles. The Morgan fingerprint density at radius 3 is 2.70 bits per heavy atom. The molecule has 1 amide bonds. The van der Waals surface area contributed by atoms with Crippen molar-refractivity contribution >= 4 is 28.7 Å². The largest absolute Gasteiger partial charge is 0.440 e. The zero-order valence-corrected chi connectivity index (χ0v) is 17.9. The first-order chi connectivity index (χ1) is 14.5. The molecule has 7 nitrogen and oxygen atoms in total. The number of hydrogen-bond donors (Lipinski definition) is 1. The van der Waals surface area contributed by atoms with Gasteiger partial charge in [0, 0.05) is 25.8 Å². The molecular weight excluding hydrogens is 398 g/mol. The summed E-state index contributed by atoms with van der Waals surface area (Å²) in [4.78, 5) is 20.1. The molecule has 8 heteroatoms. The number of hydrogen-bond acceptors (Lipinski definition) is 6. The third kappa shape index (κ3) is 4.44.